The monoisotopic (exact) mass is 333 g/mol. The van der Waals surface area contributed by atoms with Crippen LogP contribution in [0.2, 0.25) is 5.02 Å². The molecule has 0 aliphatic carbocycles. The second kappa shape index (κ2) is 6.93. The largest absolute Gasteiger partial charge is 0.444 e. The van der Waals surface area contributed by atoms with Crippen molar-refractivity contribution in [3.8, 4) is 11.8 Å². The molecule has 0 heterocycles. The summed E-state index contributed by atoms with van der Waals surface area (Å²) >= 11 is 5.68. The van der Waals surface area contributed by atoms with E-state index in [9.17, 15) is 18.0 Å². The highest BCUT2D eigenvalue weighted by Crippen LogP contribution is 2.32. The SMILES string of the molecule is CC(C)(C)OC(=O)NCC#Cc1cc(Cl)ccc1C(F)(F)F. The smallest absolute Gasteiger partial charge is 0.417 e. The van der Waals surface area contributed by atoms with Gasteiger partial charge in [-0.15, -0.1) is 0 Å². The number of hydrogen-bond acceptors (Lipinski definition) is 2. The van der Waals surface area contributed by atoms with E-state index in [1.807, 2.05) is 0 Å². The highest BCUT2D eigenvalue weighted by Gasteiger charge is 2.32. The van der Waals surface area contributed by atoms with Gasteiger partial charge in [0, 0.05) is 10.6 Å². The number of nitrogens with one attached hydrogen (secondary N) is 1. The van der Waals surface area contributed by atoms with E-state index in [1.165, 1.54) is 0 Å². The van der Waals surface area contributed by atoms with E-state index in [1.54, 1.807) is 20.8 Å². The van der Waals surface area contributed by atoms with Gasteiger partial charge in [-0.25, -0.2) is 4.79 Å². The summed E-state index contributed by atoms with van der Waals surface area (Å²) in [6.07, 6.45) is -5.21. The lowest BCUT2D eigenvalue weighted by molar-refractivity contribution is -0.137. The van der Waals surface area contributed by atoms with Crippen LogP contribution in [-0.4, -0.2) is 18.2 Å². The van der Waals surface area contributed by atoms with Gasteiger partial charge >= 0.3 is 12.3 Å². The summed E-state index contributed by atoms with van der Waals surface area (Å²) < 4.78 is 43.4. The van der Waals surface area contributed by atoms with Gasteiger partial charge < -0.3 is 10.1 Å². The van der Waals surface area contributed by atoms with Crippen molar-refractivity contribution in [3.63, 3.8) is 0 Å². The zero-order chi connectivity index (χ0) is 17.0. The maximum absolute atomic E-state index is 12.8. The predicted molar refractivity (Wildman–Crippen MR) is 77.6 cm³/mol. The summed E-state index contributed by atoms with van der Waals surface area (Å²) in [5.74, 6) is 4.79. The van der Waals surface area contributed by atoms with Gasteiger partial charge in [0.2, 0.25) is 0 Å². The maximum atomic E-state index is 12.8. The number of carbonyl (C=O) groups excluding carboxylic acids is 1. The van der Waals surface area contributed by atoms with E-state index in [-0.39, 0.29) is 17.1 Å². The number of alkyl carbamates (subject to hydrolysis) is 1. The average Bonchev–Trinajstić information content (AvgIpc) is 2.31. The molecule has 0 spiro atoms. The second-order valence-corrected chi connectivity index (χ2v) is 5.78. The molecule has 0 aliphatic heterocycles. The molecular formula is C15H15ClF3NO2. The Morgan fingerprint density at radius 3 is 2.50 bits per heavy atom. The van der Waals surface area contributed by atoms with Gasteiger partial charge in [-0.1, -0.05) is 23.4 Å². The molecule has 0 unspecified atom stereocenters. The number of amides is 1. The molecule has 0 atom stereocenters. The third-order valence-electron chi connectivity index (χ3n) is 2.23. The van der Waals surface area contributed by atoms with Crippen LogP contribution in [0.4, 0.5) is 18.0 Å². The molecule has 0 fully saturated rings. The first-order chi connectivity index (χ1) is 9.99. The molecule has 0 saturated heterocycles. The average molecular weight is 334 g/mol. The predicted octanol–water partition coefficient (Wildman–Crippen LogP) is 4.24. The number of alkyl halides is 3. The number of hydrogen-bond donors (Lipinski definition) is 1. The minimum absolute atomic E-state index is 0.140. The number of carbonyl (C=O) groups is 1. The van der Waals surface area contributed by atoms with E-state index >= 15 is 0 Å². The van der Waals surface area contributed by atoms with Crippen molar-refractivity contribution < 1.29 is 22.7 Å². The molecule has 0 saturated carbocycles. The van der Waals surface area contributed by atoms with Gasteiger partial charge in [0.1, 0.15) is 5.60 Å². The molecule has 1 aromatic carbocycles. The number of ether oxygens (including phenoxy) is 1. The van der Waals surface area contributed by atoms with Crippen LogP contribution >= 0.6 is 11.6 Å². The van der Waals surface area contributed by atoms with Crippen LogP contribution in [0, 0.1) is 11.8 Å². The van der Waals surface area contributed by atoms with E-state index in [0.29, 0.717) is 0 Å². The van der Waals surface area contributed by atoms with Crippen LogP contribution in [0.5, 0.6) is 0 Å². The molecule has 0 bridgehead atoms. The second-order valence-electron chi connectivity index (χ2n) is 5.34. The van der Waals surface area contributed by atoms with Gasteiger partial charge in [-0.3, -0.25) is 0 Å². The van der Waals surface area contributed by atoms with Crippen molar-refractivity contribution in [2.75, 3.05) is 6.54 Å². The Bertz CT molecular complexity index is 610. The van der Waals surface area contributed by atoms with Crippen LogP contribution in [-0.2, 0) is 10.9 Å². The zero-order valence-electron chi connectivity index (χ0n) is 12.3. The maximum Gasteiger partial charge on any atom is 0.417 e. The van der Waals surface area contributed by atoms with Crippen LogP contribution in [0.1, 0.15) is 31.9 Å². The molecule has 120 valence electrons. The van der Waals surface area contributed by atoms with Crippen molar-refractivity contribution in [2.45, 2.75) is 32.5 Å². The van der Waals surface area contributed by atoms with E-state index in [4.69, 9.17) is 16.3 Å². The van der Waals surface area contributed by atoms with Crippen LogP contribution < -0.4 is 5.32 Å². The van der Waals surface area contributed by atoms with Crippen molar-refractivity contribution in [3.05, 3.63) is 34.3 Å². The third-order valence-corrected chi connectivity index (χ3v) is 2.47. The van der Waals surface area contributed by atoms with Crippen molar-refractivity contribution >= 4 is 17.7 Å². The van der Waals surface area contributed by atoms with Gasteiger partial charge in [0.05, 0.1) is 12.1 Å². The number of halogens is 4. The summed E-state index contributed by atoms with van der Waals surface area (Å²) in [4.78, 5) is 11.3. The first kappa shape index (κ1) is 18.2. The van der Waals surface area contributed by atoms with Crippen LogP contribution in [0.3, 0.4) is 0 Å². The molecule has 3 nitrogen and oxygen atoms in total. The highest BCUT2D eigenvalue weighted by atomic mass is 35.5. The highest BCUT2D eigenvalue weighted by molar-refractivity contribution is 6.30. The Morgan fingerprint density at radius 1 is 1.32 bits per heavy atom. The van der Waals surface area contributed by atoms with E-state index in [2.05, 4.69) is 17.2 Å². The first-order valence-corrected chi connectivity index (χ1v) is 6.69. The molecule has 22 heavy (non-hydrogen) atoms. The fraction of sp³-hybridized carbons (Fsp3) is 0.400. The number of benzene rings is 1. The zero-order valence-corrected chi connectivity index (χ0v) is 13.0. The minimum atomic E-state index is -4.52. The quantitative estimate of drug-likeness (QED) is 0.781. The lowest BCUT2D eigenvalue weighted by atomic mass is 10.1. The van der Waals surface area contributed by atoms with Crippen molar-refractivity contribution in [1.82, 2.24) is 5.32 Å². The molecule has 1 N–H and O–H groups in total. The normalized spacial score (nSPS) is 11.4. The Kier molecular flexibility index (Phi) is 5.72. The molecule has 1 aromatic rings. The minimum Gasteiger partial charge on any atom is -0.444 e. The molecule has 0 aliphatic rings. The van der Waals surface area contributed by atoms with Gasteiger partial charge in [-0.05, 0) is 39.0 Å². The Morgan fingerprint density at radius 2 is 1.95 bits per heavy atom. The van der Waals surface area contributed by atoms with Gasteiger partial charge in [0.25, 0.3) is 0 Å². The number of rotatable bonds is 1. The van der Waals surface area contributed by atoms with Crippen LogP contribution in [0.15, 0.2) is 18.2 Å². The lowest BCUT2D eigenvalue weighted by Gasteiger charge is -2.19. The Hall–Kier alpha value is -1.87. The standard InChI is InChI=1S/C15H15ClF3NO2/c1-14(2,3)22-13(21)20-8-4-5-10-9-11(16)6-7-12(10)15(17,18)19/h6-7,9H,8H2,1-3H3,(H,20,21). The van der Waals surface area contributed by atoms with Crippen LogP contribution in [0.25, 0.3) is 0 Å². The van der Waals surface area contributed by atoms with E-state index in [0.717, 1.165) is 18.2 Å². The summed E-state index contributed by atoms with van der Waals surface area (Å²) in [7, 11) is 0. The lowest BCUT2D eigenvalue weighted by Crippen LogP contribution is -2.32. The summed E-state index contributed by atoms with van der Waals surface area (Å²) in [5, 5.41) is 2.48. The van der Waals surface area contributed by atoms with E-state index < -0.39 is 23.4 Å². The van der Waals surface area contributed by atoms with Gasteiger partial charge in [0.15, 0.2) is 0 Å². The fourth-order valence-corrected chi connectivity index (χ4v) is 1.61. The van der Waals surface area contributed by atoms with Gasteiger partial charge in [-0.2, -0.15) is 13.2 Å². The molecule has 7 heteroatoms. The fourth-order valence-electron chi connectivity index (χ4n) is 1.44. The molecule has 0 radical (unpaired) electrons. The third kappa shape index (κ3) is 6.27. The van der Waals surface area contributed by atoms with Crippen molar-refractivity contribution in [2.24, 2.45) is 0 Å². The molecule has 0 aromatic heterocycles. The molecular weight excluding hydrogens is 319 g/mol. The topological polar surface area (TPSA) is 38.3 Å². The summed E-state index contributed by atoms with van der Waals surface area (Å²) in [6.45, 7) is 4.94. The molecule has 1 rings (SSSR count). The van der Waals surface area contributed by atoms with Crippen molar-refractivity contribution in [1.29, 1.82) is 0 Å². The Balaban J connectivity index is 2.77. The first-order valence-electron chi connectivity index (χ1n) is 6.31. The summed E-state index contributed by atoms with van der Waals surface area (Å²) in [5.41, 5.74) is -1.78. The summed E-state index contributed by atoms with van der Waals surface area (Å²) in [6, 6.07) is 3.15. The Labute approximate surface area is 131 Å². The molecule has 1 amide bonds.